The summed E-state index contributed by atoms with van der Waals surface area (Å²) >= 11 is 0. The highest BCUT2D eigenvalue weighted by Crippen LogP contribution is 2.47. The van der Waals surface area contributed by atoms with Gasteiger partial charge in [0, 0.05) is 32.6 Å². The molecule has 7 heteroatoms. The van der Waals surface area contributed by atoms with Crippen molar-refractivity contribution in [3.8, 4) is 48.9 Å². The lowest BCUT2D eigenvalue weighted by Gasteiger charge is -2.20. The van der Waals surface area contributed by atoms with Gasteiger partial charge in [0.2, 0.25) is 0 Å². The lowest BCUT2D eigenvalue weighted by molar-refractivity contribution is 0.555. The fraction of sp³-hybridized carbons (Fsp3) is 0.126. The van der Waals surface area contributed by atoms with Crippen molar-refractivity contribution in [3.05, 3.63) is 322 Å². The Morgan fingerprint density at radius 2 is 0.588 bits per heavy atom. The molecule has 0 saturated carbocycles. The predicted octanol–water partition coefficient (Wildman–Crippen LogP) is 26.4. The standard InChI is InChI=1S/C36H29N.C35H28OSi.C24H22O2Si2/c1-21-5-10-25(11-6-21)35-31-18-22(2)7-13-27(31)28-14-8-23(3)19-32(28)36(35)26-12-16-34-30(20-26)29-17-24(4)9-15-33(29)37-34;1-21-5-11-26(12-6-21)37-34-19-24(4)8-14-28(34)27-13-7-22(2)18-31(27)35(37)25-10-16-33-30(20-25)29-17-23(3)9-15-32(29)36-33;1-15-5-9-19-20-10-6-16(2)14-22(20)28(24-12-8-18(4)26-24)27(21(19)13-15)23-11-7-17(3)25-23/h5-20,37H,1-4H3;5-20H,1-4H3;5-14H,1-4H3. The van der Waals surface area contributed by atoms with Crippen molar-refractivity contribution in [1.82, 2.24) is 4.98 Å². The van der Waals surface area contributed by atoms with Crippen LogP contribution in [0.3, 0.4) is 0 Å². The minimum atomic E-state index is -1.27. The van der Waals surface area contributed by atoms with Crippen molar-refractivity contribution in [1.29, 1.82) is 0 Å². The number of H-pyrrole nitrogens is 1. The third-order valence-corrected chi connectivity index (χ3v) is 32.3. The predicted molar refractivity (Wildman–Crippen MR) is 441 cm³/mol. The summed E-state index contributed by atoms with van der Waals surface area (Å²) in [7, 11) is -3.56. The van der Waals surface area contributed by atoms with Crippen LogP contribution in [0.2, 0.25) is 0 Å². The van der Waals surface area contributed by atoms with E-state index >= 15 is 0 Å². The molecule has 0 radical (unpaired) electrons. The van der Waals surface area contributed by atoms with Crippen LogP contribution in [-0.4, -0.2) is 29.2 Å². The molecular weight excluding hydrogens is 1290 g/mol. The minimum absolute atomic E-state index is 0.950. The van der Waals surface area contributed by atoms with Gasteiger partial charge in [-0.25, -0.2) is 0 Å². The van der Waals surface area contributed by atoms with Gasteiger partial charge >= 0.3 is 0 Å². The second kappa shape index (κ2) is 25.6. The molecule has 6 aromatic heterocycles. The Kier molecular flexibility index (Phi) is 16.2. The first kappa shape index (κ1) is 64.4. The molecule has 0 bridgehead atoms. The molecule has 19 aromatic rings. The van der Waals surface area contributed by atoms with Crippen molar-refractivity contribution in [3.63, 3.8) is 0 Å². The number of fused-ring (bicyclic) bond motifs is 15. The summed E-state index contributed by atoms with van der Waals surface area (Å²) in [6, 6.07) is 95.3. The van der Waals surface area contributed by atoms with Crippen LogP contribution >= 0.6 is 0 Å². The summed E-state index contributed by atoms with van der Waals surface area (Å²) in [4.78, 5) is 8.01. The Morgan fingerprint density at radius 1 is 0.235 bits per heavy atom. The summed E-state index contributed by atoms with van der Waals surface area (Å²) in [6.07, 6.45) is 0. The van der Waals surface area contributed by atoms with E-state index in [1.807, 2.05) is 13.8 Å². The van der Waals surface area contributed by atoms with Crippen molar-refractivity contribution in [2.45, 2.75) is 83.1 Å². The maximum atomic E-state index is 6.25. The number of rotatable bonds is 6. The Labute approximate surface area is 599 Å². The van der Waals surface area contributed by atoms with Gasteiger partial charge in [0.05, 0.1) is 8.40 Å². The van der Waals surface area contributed by atoms with Crippen LogP contribution in [0.5, 0.6) is 0 Å². The summed E-state index contributed by atoms with van der Waals surface area (Å²) < 4.78 is 18.7. The van der Waals surface area contributed by atoms with E-state index in [1.54, 1.807) is 0 Å². The Bertz CT molecular complexity index is 6240. The average molecular weight is 1370 g/mol. The average Bonchev–Trinajstić information content (AvgIpc) is 0.943. The first-order valence-electron chi connectivity index (χ1n) is 35.6. The van der Waals surface area contributed by atoms with Crippen LogP contribution in [0.4, 0.5) is 0 Å². The SMILES string of the molecule is Cc1ccc(-[si]2c(-c3ccc4oc5ccc(C)cc5c4c3)c3cc(C)ccc3c3ccc(C)cc32)cc1.Cc1ccc(-c2c(-c3ccc4[nH]c5ccc(C)cc5c4c3)c3cc(C)ccc3c3ccc(C)cc23)cc1.Cc1ccc2c3ccc(C)cc3[si](-c3ccc(C)o3)[si](-c3ccc(C)o3)c2c1. The molecule has 1 N–H and O–H groups in total. The molecule has 0 saturated heterocycles. The van der Waals surface area contributed by atoms with Crippen molar-refractivity contribution >= 4 is 131 Å². The van der Waals surface area contributed by atoms with E-state index in [2.05, 4.69) is 329 Å². The molecule has 102 heavy (non-hydrogen) atoms. The van der Waals surface area contributed by atoms with Crippen LogP contribution in [0.25, 0.3) is 156 Å². The van der Waals surface area contributed by atoms with Crippen LogP contribution in [-0.2, 0) is 0 Å². The lowest BCUT2D eigenvalue weighted by Crippen LogP contribution is -2.17. The number of aromatic nitrogens is 1. The van der Waals surface area contributed by atoms with Crippen LogP contribution in [0.1, 0.15) is 67.2 Å². The first-order chi connectivity index (χ1) is 49.4. The number of aromatic amines is 1. The summed E-state index contributed by atoms with van der Waals surface area (Å²) in [5.74, 6) is 1.96. The number of furan rings is 3. The van der Waals surface area contributed by atoms with Crippen molar-refractivity contribution < 1.29 is 13.3 Å². The number of benzene rings is 13. The third-order valence-electron chi connectivity index (χ3n) is 20.9. The highest BCUT2D eigenvalue weighted by atomic mass is 29.0. The van der Waals surface area contributed by atoms with Crippen molar-refractivity contribution in [2.24, 2.45) is 0 Å². The van der Waals surface area contributed by atoms with Gasteiger partial charge in [-0.05, 0) is 258 Å². The molecule has 0 spiro atoms. The smallest absolute Gasteiger partial charge is 0.135 e. The van der Waals surface area contributed by atoms with Crippen LogP contribution in [0.15, 0.2) is 268 Å². The zero-order valence-corrected chi connectivity index (χ0v) is 63.0. The Balaban J connectivity index is 0.000000115. The maximum Gasteiger partial charge on any atom is 0.135 e. The topological polar surface area (TPSA) is 55.2 Å². The Morgan fingerprint density at radius 3 is 1.12 bits per heavy atom. The Hall–Kier alpha value is -10.9. The van der Waals surface area contributed by atoms with E-state index in [9.17, 15) is 0 Å². The molecule has 13 aromatic carbocycles. The highest BCUT2D eigenvalue weighted by Gasteiger charge is 2.26. The largest absolute Gasteiger partial charge is 0.468 e. The second-order valence-electron chi connectivity index (χ2n) is 28.8. The van der Waals surface area contributed by atoms with Gasteiger partial charge in [-0.2, -0.15) is 0 Å². The molecule has 0 aliphatic heterocycles. The van der Waals surface area contributed by atoms with E-state index < -0.39 is 24.2 Å². The summed E-state index contributed by atoms with van der Waals surface area (Å²) in [5, 5.41) is 22.2. The van der Waals surface area contributed by atoms with Crippen molar-refractivity contribution in [2.75, 3.05) is 0 Å². The van der Waals surface area contributed by atoms with Gasteiger partial charge in [-0.15, -0.1) is 0 Å². The highest BCUT2D eigenvalue weighted by molar-refractivity contribution is 7.20. The number of aryl methyl sites for hydroxylation is 12. The van der Waals surface area contributed by atoms with Crippen LogP contribution < -0.4 is 0 Å². The fourth-order valence-corrected chi connectivity index (χ4v) is 28.5. The molecule has 494 valence electrons. The fourth-order valence-electron chi connectivity index (χ4n) is 15.9. The molecule has 6 heterocycles. The molecular formula is C95H79NO3Si3. The molecule has 0 unspecified atom stereocenters. The summed E-state index contributed by atoms with van der Waals surface area (Å²) in [6.45, 7) is 25.9. The zero-order valence-electron chi connectivity index (χ0n) is 60.0. The van der Waals surface area contributed by atoms with E-state index in [-0.39, 0.29) is 0 Å². The van der Waals surface area contributed by atoms with E-state index in [0.717, 1.165) is 33.5 Å². The summed E-state index contributed by atoms with van der Waals surface area (Å²) in [5.41, 5.74) is 23.6. The first-order valence-corrected chi connectivity index (χ1v) is 41.1. The van der Waals surface area contributed by atoms with Gasteiger partial charge in [-0.1, -0.05) is 238 Å². The number of nitrogens with one attached hydrogen (secondary N) is 1. The van der Waals surface area contributed by atoms with Gasteiger partial charge in [-0.3, -0.25) is 0 Å². The lowest BCUT2D eigenvalue weighted by atomic mass is 9.83. The van der Waals surface area contributed by atoms with Gasteiger partial charge < -0.3 is 18.2 Å². The molecule has 4 nitrogen and oxygen atoms in total. The quantitative estimate of drug-likeness (QED) is 0.133. The number of hydrogen-bond donors (Lipinski definition) is 1. The third kappa shape index (κ3) is 11.5. The van der Waals surface area contributed by atoms with E-state index in [0.29, 0.717) is 0 Å². The molecule has 0 fully saturated rings. The monoisotopic (exact) mass is 1370 g/mol. The minimum Gasteiger partial charge on any atom is -0.468 e. The molecule has 0 atom stereocenters. The molecule has 0 amide bonds. The normalized spacial score (nSPS) is 11.7. The second-order valence-corrected chi connectivity index (χ2v) is 37.8. The van der Waals surface area contributed by atoms with Gasteiger partial charge in [0.25, 0.3) is 0 Å². The van der Waals surface area contributed by atoms with Gasteiger partial charge in [0.1, 0.15) is 49.2 Å². The maximum absolute atomic E-state index is 6.25. The molecule has 0 aliphatic carbocycles. The van der Waals surface area contributed by atoms with Crippen LogP contribution in [0, 0.1) is 83.1 Å². The number of hydrogen-bond acceptors (Lipinski definition) is 3. The zero-order chi connectivity index (χ0) is 69.9. The van der Waals surface area contributed by atoms with E-state index in [4.69, 9.17) is 13.3 Å². The van der Waals surface area contributed by atoms with Gasteiger partial charge in [0.15, 0.2) is 0 Å². The molecule has 19 rings (SSSR count). The van der Waals surface area contributed by atoms with E-state index in [1.165, 1.54) is 190 Å². The molecule has 0 aliphatic rings.